The van der Waals surface area contributed by atoms with Gasteiger partial charge in [-0.3, -0.25) is 9.59 Å². The third kappa shape index (κ3) is 4.87. The van der Waals surface area contributed by atoms with Crippen LogP contribution in [-0.2, 0) is 0 Å². The second kappa shape index (κ2) is 9.75. The first kappa shape index (κ1) is 20.5. The minimum atomic E-state index is -0.342. The van der Waals surface area contributed by atoms with Crippen LogP contribution in [0.4, 0.5) is 5.00 Å². The summed E-state index contributed by atoms with van der Waals surface area (Å²) in [6.45, 7) is 5.62. The Hall–Kier alpha value is -1.83. The van der Waals surface area contributed by atoms with E-state index in [-0.39, 0.29) is 30.0 Å². The molecule has 0 radical (unpaired) electrons. The van der Waals surface area contributed by atoms with E-state index >= 15 is 0 Å². The van der Waals surface area contributed by atoms with Gasteiger partial charge in [0.15, 0.2) is 5.76 Å². The number of amides is 2. The van der Waals surface area contributed by atoms with E-state index in [0.717, 1.165) is 39.0 Å². The summed E-state index contributed by atoms with van der Waals surface area (Å²) < 4.78 is 5.10. The smallest absolute Gasteiger partial charge is 0.291 e. The Labute approximate surface area is 163 Å². The Morgan fingerprint density at radius 2 is 2.08 bits per heavy atom. The highest BCUT2D eigenvalue weighted by Gasteiger charge is 2.26. The van der Waals surface area contributed by atoms with E-state index in [1.165, 1.54) is 17.6 Å². The van der Waals surface area contributed by atoms with Crippen molar-refractivity contribution in [2.75, 3.05) is 31.5 Å². The Morgan fingerprint density at radius 1 is 1.31 bits per heavy atom. The summed E-state index contributed by atoms with van der Waals surface area (Å²) in [5.74, 6) is 0.504. The molecule has 6 nitrogen and oxygen atoms in total. The first-order valence-corrected chi connectivity index (χ1v) is 9.49. The normalized spacial score (nSPS) is 14.7. The quantitative estimate of drug-likeness (QED) is 0.782. The number of carbonyl (C=O) groups is 2. The van der Waals surface area contributed by atoms with Crippen LogP contribution in [0.3, 0.4) is 0 Å². The van der Waals surface area contributed by atoms with Crippen molar-refractivity contribution in [3.63, 3.8) is 0 Å². The first-order valence-electron chi connectivity index (χ1n) is 8.61. The summed E-state index contributed by atoms with van der Waals surface area (Å²) in [4.78, 5) is 26.8. The Bertz CT molecular complexity index is 709. The number of thiophene rings is 1. The lowest BCUT2D eigenvalue weighted by Crippen LogP contribution is -2.40. The van der Waals surface area contributed by atoms with E-state index in [4.69, 9.17) is 4.42 Å². The molecule has 8 heteroatoms. The van der Waals surface area contributed by atoms with Crippen molar-refractivity contribution < 1.29 is 14.0 Å². The third-order valence-electron chi connectivity index (χ3n) is 4.45. The molecule has 2 aromatic heterocycles. The van der Waals surface area contributed by atoms with E-state index in [0.29, 0.717) is 16.5 Å². The minimum Gasteiger partial charge on any atom is -0.459 e. The Balaban J connectivity index is 0.00000243. The predicted octanol–water partition coefficient (Wildman–Crippen LogP) is 3.48. The number of carbonyl (C=O) groups excluding carboxylic acids is 2. The molecule has 0 bridgehead atoms. The van der Waals surface area contributed by atoms with Crippen molar-refractivity contribution in [2.45, 2.75) is 19.8 Å². The van der Waals surface area contributed by atoms with Crippen molar-refractivity contribution in [1.82, 2.24) is 10.2 Å². The monoisotopic (exact) mass is 397 g/mol. The zero-order valence-corrected chi connectivity index (χ0v) is 16.3. The molecule has 2 aromatic rings. The number of rotatable bonds is 6. The SMILES string of the molecule is CCNCC1CCN(C(=O)c2ccsc2NC(=O)c2ccco2)CC1.Cl. The van der Waals surface area contributed by atoms with E-state index in [1.807, 2.05) is 10.3 Å². The maximum absolute atomic E-state index is 12.8. The zero-order chi connectivity index (χ0) is 17.6. The average Bonchev–Trinajstić information content (AvgIpc) is 3.31. The number of nitrogens with one attached hydrogen (secondary N) is 2. The van der Waals surface area contributed by atoms with Crippen LogP contribution in [-0.4, -0.2) is 42.9 Å². The fourth-order valence-corrected chi connectivity index (χ4v) is 3.78. The second-order valence-electron chi connectivity index (χ2n) is 6.14. The van der Waals surface area contributed by atoms with Gasteiger partial charge in [0.1, 0.15) is 5.00 Å². The van der Waals surface area contributed by atoms with Gasteiger partial charge < -0.3 is 20.0 Å². The molecule has 0 atom stereocenters. The van der Waals surface area contributed by atoms with Crippen molar-refractivity contribution in [2.24, 2.45) is 5.92 Å². The van der Waals surface area contributed by atoms with Crippen LogP contribution in [0, 0.1) is 5.92 Å². The molecular weight excluding hydrogens is 374 g/mol. The van der Waals surface area contributed by atoms with Crippen LogP contribution >= 0.6 is 23.7 Å². The molecule has 0 aromatic carbocycles. The molecule has 0 saturated carbocycles. The summed E-state index contributed by atoms with van der Waals surface area (Å²) in [5, 5.41) is 8.55. The molecule has 1 aliphatic heterocycles. The highest BCUT2D eigenvalue weighted by molar-refractivity contribution is 7.14. The molecule has 1 fully saturated rings. The number of anilines is 1. The second-order valence-corrected chi connectivity index (χ2v) is 7.05. The number of furan rings is 1. The van der Waals surface area contributed by atoms with E-state index in [9.17, 15) is 9.59 Å². The van der Waals surface area contributed by atoms with Crippen LogP contribution in [0.2, 0.25) is 0 Å². The topological polar surface area (TPSA) is 74.6 Å². The van der Waals surface area contributed by atoms with Crippen LogP contribution < -0.4 is 10.6 Å². The Kier molecular flexibility index (Phi) is 7.68. The van der Waals surface area contributed by atoms with Gasteiger partial charge in [-0.05, 0) is 55.4 Å². The van der Waals surface area contributed by atoms with Crippen molar-refractivity contribution >= 4 is 40.6 Å². The standard InChI is InChI=1S/C18H23N3O3S.ClH/c1-2-19-12-13-5-8-21(9-6-13)18(23)14-7-11-25-17(14)20-16(22)15-4-3-10-24-15;/h3-4,7,10-11,13,19H,2,5-6,8-9,12H2,1H3,(H,20,22);1H. The predicted molar refractivity (Wildman–Crippen MR) is 105 cm³/mol. The molecular formula is C18H24ClN3O3S. The fraction of sp³-hybridized carbons (Fsp3) is 0.444. The highest BCUT2D eigenvalue weighted by atomic mass is 35.5. The minimum absolute atomic E-state index is 0. The largest absolute Gasteiger partial charge is 0.459 e. The lowest BCUT2D eigenvalue weighted by molar-refractivity contribution is 0.0692. The molecule has 142 valence electrons. The molecule has 1 aliphatic rings. The Morgan fingerprint density at radius 3 is 2.73 bits per heavy atom. The molecule has 0 spiro atoms. The van der Waals surface area contributed by atoms with Crippen molar-refractivity contribution in [1.29, 1.82) is 0 Å². The van der Waals surface area contributed by atoms with Gasteiger partial charge in [-0.1, -0.05) is 6.92 Å². The van der Waals surface area contributed by atoms with Gasteiger partial charge in [0.05, 0.1) is 11.8 Å². The molecule has 1 saturated heterocycles. The van der Waals surface area contributed by atoms with Gasteiger partial charge in [0.25, 0.3) is 11.8 Å². The van der Waals surface area contributed by atoms with Crippen molar-refractivity contribution in [3.8, 4) is 0 Å². The van der Waals surface area contributed by atoms with Gasteiger partial charge in [0.2, 0.25) is 0 Å². The zero-order valence-electron chi connectivity index (χ0n) is 14.7. The summed E-state index contributed by atoms with van der Waals surface area (Å²) in [6, 6.07) is 5.03. The van der Waals surface area contributed by atoms with Gasteiger partial charge in [0, 0.05) is 13.1 Å². The molecule has 3 heterocycles. The number of halogens is 1. The fourth-order valence-electron chi connectivity index (χ4n) is 3.01. The van der Waals surface area contributed by atoms with E-state index in [2.05, 4.69) is 17.6 Å². The van der Waals surface area contributed by atoms with Gasteiger partial charge in [-0.25, -0.2) is 0 Å². The van der Waals surface area contributed by atoms with Crippen LogP contribution in [0.25, 0.3) is 0 Å². The lowest BCUT2D eigenvalue weighted by atomic mass is 9.96. The molecule has 2 N–H and O–H groups in total. The number of nitrogens with zero attached hydrogens (tertiary/aromatic N) is 1. The van der Waals surface area contributed by atoms with Gasteiger partial charge >= 0.3 is 0 Å². The summed E-state index contributed by atoms with van der Waals surface area (Å²) in [7, 11) is 0. The van der Waals surface area contributed by atoms with Gasteiger partial charge in [-0.2, -0.15) is 0 Å². The summed E-state index contributed by atoms with van der Waals surface area (Å²) in [6.07, 6.45) is 3.47. The van der Waals surface area contributed by atoms with Gasteiger partial charge in [-0.15, -0.1) is 23.7 Å². The van der Waals surface area contributed by atoms with Crippen LogP contribution in [0.15, 0.2) is 34.3 Å². The highest BCUT2D eigenvalue weighted by Crippen LogP contribution is 2.27. The maximum atomic E-state index is 12.8. The van der Waals surface area contributed by atoms with E-state index < -0.39 is 0 Å². The number of likely N-dealkylation sites (tertiary alicyclic amines) is 1. The molecule has 3 rings (SSSR count). The summed E-state index contributed by atoms with van der Waals surface area (Å²) in [5.41, 5.74) is 0.551. The average molecular weight is 398 g/mol. The van der Waals surface area contributed by atoms with Crippen LogP contribution in [0.1, 0.15) is 40.7 Å². The van der Waals surface area contributed by atoms with E-state index in [1.54, 1.807) is 18.2 Å². The van der Waals surface area contributed by atoms with Crippen molar-refractivity contribution in [3.05, 3.63) is 41.2 Å². The molecule has 2 amide bonds. The maximum Gasteiger partial charge on any atom is 0.291 e. The number of hydrogen-bond acceptors (Lipinski definition) is 5. The molecule has 26 heavy (non-hydrogen) atoms. The lowest BCUT2D eigenvalue weighted by Gasteiger charge is -2.32. The first-order chi connectivity index (χ1) is 12.2. The summed E-state index contributed by atoms with van der Waals surface area (Å²) >= 11 is 1.35. The molecule has 0 unspecified atom stereocenters. The number of hydrogen-bond donors (Lipinski definition) is 2. The molecule has 0 aliphatic carbocycles. The van der Waals surface area contributed by atoms with Crippen LogP contribution in [0.5, 0.6) is 0 Å². The third-order valence-corrected chi connectivity index (χ3v) is 5.28. The number of piperidine rings is 1.